The summed E-state index contributed by atoms with van der Waals surface area (Å²) in [6, 6.07) is -4.38. The van der Waals surface area contributed by atoms with Crippen molar-refractivity contribution in [3.8, 4) is 0 Å². The topological polar surface area (TPSA) is 188 Å². The Hall–Kier alpha value is -2.34. The summed E-state index contributed by atoms with van der Waals surface area (Å²) in [6.45, 7) is 4.70. The van der Waals surface area contributed by atoms with Crippen molar-refractivity contribution in [2.75, 3.05) is 5.75 Å². The Bertz CT molecular complexity index is 600. The zero-order valence-corrected chi connectivity index (χ0v) is 16.9. The summed E-state index contributed by atoms with van der Waals surface area (Å²) in [5.41, 5.74) is 5.63. The number of rotatable bonds is 12. The Kier molecular flexibility index (Phi) is 11.2. The van der Waals surface area contributed by atoms with Gasteiger partial charge in [0.2, 0.25) is 17.7 Å². The Balaban J connectivity index is 4.89. The lowest BCUT2D eigenvalue weighted by Gasteiger charge is -2.25. The first-order valence-electron chi connectivity index (χ1n) is 8.62. The van der Waals surface area contributed by atoms with E-state index >= 15 is 0 Å². The van der Waals surface area contributed by atoms with Gasteiger partial charge in [-0.05, 0) is 19.3 Å². The monoisotopic (exact) mass is 420 g/mol. The lowest BCUT2D eigenvalue weighted by Crippen LogP contribution is -2.57. The number of hydrogen-bond donors (Lipinski definition) is 7. The first-order valence-corrected chi connectivity index (χ1v) is 9.26. The average Bonchev–Trinajstić information content (AvgIpc) is 2.60. The molecule has 3 amide bonds. The number of nitrogens with two attached hydrogens (primary N) is 1. The smallest absolute Gasteiger partial charge is 0.327 e. The fourth-order valence-electron chi connectivity index (χ4n) is 2.06. The van der Waals surface area contributed by atoms with Crippen molar-refractivity contribution >= 4 is 42.3 Å². The molecule has 0 saturated heterocycles. The maximum atomic E-state index is 12.4. The molecule has 0 heterocycles. The van der Waals surface area contributed by atoms with Gasteiger partial charge in [0.25, 0.3) is 0 Å². The largest absolute Gasteiger partial charge is 0.481 e. The molecule has 0 aromatic carbocycles. The van der Waals surface area contributed by atoms with Crippen molar-refractivity contribution < 1.29 is 34.2 Å². The molecule has 0 radical (unpaired) electrons. The second-order valence-corrected chi connectivity index (χ2v) is 6.95. The average molecular weight is 420 g/mol. The summed E-state index contributed by atoms with van der Waals surface area (Å²) in [4.78, 5) is 58.1. The van der Waals surface area contributed by atoms with Crippen LogP contribution in [-0.2, 0) is 24.0 Å². The Morgan fingerprint density at radius 1 is 0.929 bits per heavy atom. The molecule has 0 aromatic heterocycles. The third-order valence-corrected chi connectivity index (χ3v) is 4.17. The molecule has 12 heteroatoms. The van der Waals surface area contributed by atoms with E-state index in [2.05, 4.69) is 28.6 Å². The fourth-order valence-corrected chi connectivity index (χ4v) is 2.30. The Labute approximate surface area is 168 Å². The molecule has 0 aliphatic heterocycles. The summed E-state index contributed by atoms with van der Waals surface area (Å²) in [5, 5.41) is 24.7. The van der Waals surface area contributed by atoms with Crippen LogP contribution in [0.3, 0.4) is 0 Å². The van der Waals surface area contributed by atoms with Gasteiger partial charge in [0, 0.05) is 12.2 Å². The summed E-state index contributed by atoms with van der Waals surface area (Å²) < 4.78 is 0. The molecule has 0 fully saturated rings. The molecular weight excluding hydrogens is 392 g/mol. The van der Waals surface area contributed by atoms with Crippen LogP contribution in [0, 0.1) is 5.92 Å². The van der Waals surface area contributed by atoms with Crippen molar-refractivity contribution in [1.82, 2.24) is 16.0 Å². The van der Waals surface area contributed by atoms with Crippen molar-refractivity contribution in [3.63, 3.8) is 0 Å². The minimum absolute atomic E-state index is 0.0906. The third kappa shape index (κ3) is 9.04. The summed E-state index contributed by atoms with van der Waals surface area (Å²) in [6.07, 6.45) is -0.382. The quantitative estimate of drug-likeness (QED) is 0.182. The molecule has 4 atom stereocenters. The van der Waals surface area contributed by atoms with Gasteiger partial charge in [-0.15, -0.1) is 0 Å². The van der Waals surface area contributed by atoms with E-state index < -0.39 is 53.8 Å². The van der Waals surface area contributed by atoms with E-state index in [4.69, 9.17) is 15.9 Å². The Morgan fingerprint density at radius 2 is 1.50 bits per heavy atom. The van der Waals surface area contributed by atoms with Gasteiger partial charge in [-0.3, -0.25) is 19.2 Å². The first kappa shape index (κ1) is 25.7. The van der Waals surface area contributed by atoms with Crippen LogP contribution >= 0.6 is 12.6 Å². The molecule has 11 nitrogen and oxygen atoms in total. The third-order valence-electron chi connectivity index (χ3n) is 3.80. The van der Waals surface area contributed by atoms with Gasteiger partial charge in [-0.2, -0.15) is 12.6 Å². The van der Waals surface area contributed by atoms with Crippen LogP contribution in [0.1, 0.15) is 33.6 Å². The summed E-state index contributed by atoms with van der Waals surface area (Å²) in [7, 11) is 0. The highest BCUT2D eigenvalue weighted by Gasteiger charge is 2.29. The van der Waals surface area contributed by atoms with Crippen molar-refractivity contribution in [3.05, 3.63) is 0 Å². The van der Waals surface area contributed by atoms with Crippen molar-refractivity contribution in [1.29, 1.82) is 0 Å². The van der Waals surface area contributed by atoms with E-state index in [0.717, 1.165) is 0 Å². The van der Waals surface area contributed by atoms with Crippen LogP contribution in [0.15, 0.2) is 0 Å². The summed E-state index contributed by atoms with van der Waals surface area (Å²) in [5.74, 6) is -4.90. The minimum Gasteiger partial charge on any atom is -0.481 e. The number of carboxylic acid groups (broad SMARTS) is 2. The molecule has 0 saturated carbocycles. The molecular formula is C16H28N4O7S. The fraction of sp³-hybridized carbons (Fsp3) is 0.688. The van der Waals surface area contributed by atoms with Crippen LogP contribution in [0.5, 0.6) is 0 Å². The van der Waals surface area contributed by atoms with Gasteiger partial charge < -0.3 is 31.9 Å². The highest BCUT2D eigenvalue weighted by molar-refractivity contribution is 7.80. The van der Waals surface area contributed by atoms with Gasteiger partial charge >= 0.3 is 11.9 Å². The second kappa shape index (κ2) is 12.2. The molecule has 160 valence electrons. The highest BCUT2D eigenvalue weighted by atomic mass is 32.1. The van der Waals surface area contributed by atoms with E-state index in [-0.39, 0.29) is 24.5 Å². The number of carbonyl (C=O) groups excluding carboxylic acids is 3. The number of carboxylic acids is 2. The van der Waals surface area contributed by atoms with E-state index in [1.54, 1.807) is 13.8 Å². The zero-order chi connectivity index (χ0) is 22.0. The standard InChI is InChI=1S/C16H28N4O7S/c1-7(2)12(20-14(24)9(17)4-5-11(21)22)15(25)18-8(3)13(23)19-10(6-28)16(26)27/h7-10,12,28H,4-6,17H2,1-3H3,(H,18,25)(H,19,23)(H,20,24)(H,21,22)(H,26,27). The van der Waals surface area contributed by atoms with Crippen LogP contribution in [0.4, 0.5) is 0 Å². The first-order chi connectivity index (χ1) is 12.9. The van der Waals surface area contributed by atoms with Gasteiger partial charge in [0.05, 0.1) is 6.04 Å². The predicted molar refractivity (Wildman–Crippen MR) is 103 cm³/mol. The van der Waals surface area contributed by atoms with Crippen molar-refractivity contribution in [2.45, 2.75) is 57.8 Å². The number of aliphatic carboxylic acids is 2. The van der Waals surface area contributed by atoms with E-state index in [0.29, 0.717) is 0 Å². The maximum absolute atomic E-state index is 12.4. The van der Waals surface area contributed by atoms with Crippen LogP contribution < -0.4 is 21.7 Å². The van der Waals surface area contributed by atoms with Gasteiger partial charge in [0.1, 0.15) is 18.1 Å². The Morgan fingerprint density at radius 3 is 1.93 bits per heavy atom. The molecule has 0 bridgehead atoms. The SMILES string of the molecule is CC(NC(=O)C(NC(=O)C(N)CCC(=O)O)C(C)C)C(=O)NC(CS)C(=O)O. The zero-order valence-electron chi connectivity index (χ0n) is 16.0. The van der Waals surface area contributed by atoms with Gasteiger partial charge in [-0.25, -0.2) is 4.79 Å². The molecule has 0 aliphatic carbocycles. The molecule has 7 N–H and O–H groups in total. The van der Waals surface area contributed by atoms with Crippen LogP contribution in [0.2, 0.25) is 0 Å². The molecule has 0 aliphatic rings. The second-order valence-electron chi connectivity index (χ2n) is 6.58. The molecule has 0 spiro atoms. The molecule has 28 heavy (non-hydrogen) atoms. The van der Waals surface area contributed by atoms with Crippen LogP contribution in [-0.4, -0.2) is 69.8 Å². The number of nitrogens with one attached hydrogen (secondary N) is 3. The maximum Gasteiger partial charge on any atom is 0.327 e. The lowest BCUT2D eigenvalue weighted by atomic mass is 10.0. The van der Waals surface area contributed by atoms with E-state index in [9.17, 15) is 24.0 Å². The van der Waals surface area contributed by atoms with Crippen molar-refractivity contribution in [2.24, 2.45) is 11.7 Å². The summed E-state index contributed by atoms with van der Waals surface area (Å²) >= 11 is 3.83. The number of hydrogen-bond acceptors (Lipinski definition) is 7. The van der Waals surface area contributed by atoms with Gasteiger partial charge in [-0.1, -0.05) is 13.8 Å². The molecule has 4 unspecified atom stereocenters. The number of carbonyl (C=O) groups is 5. The molecule has 0 rings (SSSR count). The number of thiol groups is 1. The van der Waals surface area contributed by atoms with Crippen LogP contribution in [0.25, 0.3) is 0 Å². The minimum atomic E-state index is -1.26. The van der Waals surface area contributed by atoms with E-state index in [1.165, 1.54) is 6.92 Å². The molecule has 0 aromatic rings. The van der Waals surface area contributed by atoms with Gasteiger partial charge in [0.15, 0.2) is 0 Å². The normalized spacial score (nSPS) is 15.1. The lowest BCUT2D eigenvalue weighted by molar-refractivity contribution is -0.141. The highest BCUT2D eigenvalue weighted by Crippen LogP contribution is 2.05. The predicted octanol–water partition coefficient (Wildman–Crippen LogP) is -1.68. The van der Waals surface area contributed by atoms with E-state index in [1.807, 2.05) is 0 Å². The number of amides is 3.